The van der Waals surface area contributed by atoms with Crippen LogP contribution in [0.15, 0.2) is 29.2 Å². The van der Waals surface area contributed by atoms with Crippen molar-refractivity contribution < 1.29 is 9.18 Å². The summed E-state index contributed by atoms with van der Waals surface area (Å²) in [6, 6.07) is 6.37. The van der Waals surface area contributed by atoms with Gasteiger partial charge in [-0.3, -0.25) is 4.79 Å². The molecule has 1 aromatic rings. The van der Waals surface area contributed by atoms with Gasteiger partial charge in [-0.25, -0.2) is 4.39 Å². The van der Waals surface area contributed by atoms with Crippen LogP contribution in [0, 0.1) is 17.7 Å². The highest BCUT2D eigenvalue weighted by Crippen LogP contribution is 2.32. The topological polar surface area (TPSA) is 17.1 Å². The maximum atomic E-state index is 12.8. The molecule has 0 radical (unpaired) electrons. The van der Waals surface area contributed by atoms with Gasteiger partial charge in [-0.2, -0.15) is 0 Å². The lowest BCUT2D eigenvalue weighted by Gasteiger charge is -2.27. The molecule has 1 nitrogen and oxygen atoms in total. The first-order valence-electron chi connectivity index (χ1n) is 7.10. The number of halogens is 1. The third-order valence-electron chi connectivity index (χ3n) is 4.01. The molecule has 2 unspecified atom stereocenters. The van der Waals surface area contributed by atoms with Crippen LogP contribution in [0.5, 0.6) is 0 Å². The van der Waals surface area contributed by atoms with Crippen LogP contribution in [0.3, 0.4) is 0 Å². The van der Waals surface area contributed by atoms with Crippen LogP contribution in [0.1, 0.15) is 39.0 Å². The minimum Gasteiger partial charge on any atom is -0.298 e. The molecule has 19 heavy (non-hydrogen) atoms. The van der Waals surface area contributed by atoms with Gasteiger partial charge in [-0.05, 0) is 43.0 Å². The number of rotatable bonds is 5. The van der Waals surface area contributed by atoms with E-state index in [-0.39, 0.29) is 11.7 Å². The van der Waals surface area contributed by atoms with E-state index < -0.39 is 0 Å². The van der Waals surface area contributed by atoms with Gasteiger partial charge in [0.25, 0.3) is 0 Å². The molecule has 1 aromatic carbocycles. The van der Waals surface area contributed by atoms with Crippen molar-refractivity contribution in [3.63, 3.8) is 0 Å². The van der Waals surface area contributed by atoms with Crippen molar-refractivity contribution in [3.8, 4) is 0 Å². The van der Waals surface area contributed by atoms with Crippen molar-refractivity contribution in [2.45, 2.75) is 43.9 Å². The Morgan fingerprint density at radius 3 is 2.74 bits per heavy atom. The molecule has 0 aliphatic heterocycles. The number of hydrogen-bond donors (Lipinski definition) is 0. The zero-order chi connectivity index (χ0) is 13.7. The molecule has 1 aliphatic rings. The molecule has 0 spiro atoms. The molecule has 0 heterocycles. The lowest BCUT2D eigenvalue weighted by Crippen LogP contribution is -2.24. The van der Waals surface area contributed by atoms with E-state index in [4.69, 9.17) is 0 Å². The summed E-state index contributed by atoms with van der Waals surface area (Å²) in [5, 5.41) is 0. The van der Waals surface area contributed by atoms with E-state index in [9.17, 15) is 9.18 Å². The molecular weight excluding hydrogens is 259 g/mol. The molecule has 1 aliphatic carbocycles. The summed E-state index contributed by atoms with van der Waals surface area (Å²) in [5.74, 6) is 1.65. The lowest BCUT2D eigenvalue weighted by molar-refractivity contribution is -0.121. The predicted octanol–water partition coefficient (Wildman–Crippen LogP) is 4.70. The summed E-state index contributed by atoms with van der Waals surface area (Å²) < 4.78 is 12.8. The number of thioether (sulfide) groups is 1. The maximum Gasteiger partial charge on any atom is 0.146 e. The normalized spacial score (nSPS) is 23.3. The first-order valence-corrected chi connectivity index (χ1v) is 8.08. The molecule has 2 atom stereocenters. The second kappa shape index (κ2) is 7.09. The summed E-state index contributed by atoms with van der Waals surface area (Å²) >= 11 is 1.52. The Bertz CT molecular complexity index is 415. The van der Waals surface area contributed by atoms with Crippen LogP contribution in [-0.4, -0.2) is 11.5 Å². The van der Waals surface area contributed by atoms with Crippen molar-refractivity contribution in [2.24, 2.45) is 11.8 Å². The second-order valence-corrected chi connectivity index (χ2v) is 6.40. The van der Waals surface area contributed by atoms with Gasteiger partial charge < -0.3 is 0 Å². The van der Waals surface area contributed by atoms with Crippen molar-refractivity contribution in [1.29, 1.82) is 0 Å². The van der Waals surface area contributed by atoms with Gasteiger partial charge in [0.15, 0.2) is 0 Å². The number of Topliss-reactive ketones (excluding diaryl/α,β-unsaturated/α-hetero) is 1. The fourth-order valence-electron chi connectivity index (χ4n) is 2.76. The van der Waals surface area contributed by atoms with E-state index >= 15 is 0 Å². The fraction of sp³-hybridized carbons (Fsp3) is 0.562. The van der Waals surface area contributed by atoms with Gasteiger partial charge in [0, 0.05) is 10.8 Å². The van der Waals surface area contributed by atoms with Gasteiger partial charge in [0.2, 0.25) is 0 Å². The molecule has 0 N–H and O–H groups in total. The number of carbonyl (C=O) groups excluding carboxylic acids is 1. The van der Waals surface area contributed by atoms with E-state index in [1.807, 2.05) is 0 Å². The smallest absolute Gasteiger partial charge is 0.146 e. The minimum absolute atomic E-state index is 0.228. The molecule has 2 rings (SSSR count). The Hall–Kier alpha value is -0.830. The van der Waals surface area contributed by atoms with Crippen LogP contribution in [0.4, 0.5) is 4.39 Å². The van der Waals surface area contributed by atoms with E-state index in [0.717, 1.165) is 23.7 Å². The Morgan fingerprint density at radius 2 is 2.05 bits per heavy atom. The average Bonchev–Trinajstić information content (AvgIpc) is 2.46. The van der Waals surface area contributed by atoms with Crippen LogP contribution in [0.2, 0.25) is 0 Å². The number of hydrogen-bond acceptors (Lipinski definition) is 2. The average molecular weight is 280 g/mol. The third-order valence-corrected chi connectivity index (χ3v) is 5.04. The quantitative estimate of drug-likeness (QED) is 0.727. The van der Waals surface area contributed by atoms with Gasteiger partial charge in [-0.1, -0.05) is 26.2 Å². The fourth-order valence-corrected chi connectivity index (χ4v) is 3.63. The second-order valence-electron chi connectivity index (χ2n) is 5.35. The Balaban J connectivity index is 1.82. The number of benzene rings is 1. The summed E-state index contributed by atoms with van der Waals surface area (Å²) in [7, 11) is 0. The largest absolute Gasteiger partial charge is 0.298 e. The highest BCUT2D eigenvalue weighted by molar-refractivity contribution is 8.00. The number of carbonyl (C=O) groups is 1. The first kappa shape index (κ1) is 14.6. The molecule has 0 saturated heterocycles. The van der Waals surface area contributed by atoms with Crippen LogP contribution >= 0.6 is 11.8 Å². The van der Waals surface area contributed by atoms with E-state index in [1.165, 1.54) is 43.2 Å². The first-order chi connectivity index (χ1) is 9.19. The van der Waals surface area contributed by atoms with Crippen molar-refractivity contribution in [1.82, 2.24) is 0 Å². The van der Waals surface area contributed by atoms with E-state index in [1.54, 1.807) is 12.1 Å². The molecule has 0 aromatic heterocycles. The van der Waals surface area contributed by atoms with Crippen molar-refractivity contribution in [2.75, 3.05) is 5.75 Å². The molecule has 104 valence electrons. The zero-order valence-corrected chi connectivity index (χ0v) is 12.2. The van der Waals surface area contributed by atoms with Crippen molar-refractivity contribution >= 4 is 17.5 Å². The summed E-state index contributed by atoms with van der Waals surface area (Å²) in [6.45, 7) is 2.21. The Morgan fingerprint density at radius 1 is 1.32 bits per heavy atom. The zero-order valence-electron chi connectivity index (χ0n) is 11.4. The highest BCUT2D eigenvalue weighted by Gasteiger charge is 2.25. The molecule has 1 fully saturated rings. The lowest BCUT2D eigenvalue weighted by atomic mass is 9.78. The van der Waals surface area contributed by atoms with Crippen LogP contribution in [0.25, 0.3) is 0 Å². The summed E-state index contributed by atoms with van der Waals surface area (Å²) in [5.41, 5.74) is 0. The molecule has 1 saturated carbocycles. The van der Waals surface area contributed by atoms with E-state index in [2.05, 4.69) is 6.92 Å². The van der Waals surface area contributed by atoms with Gasteiger partial charge in [0.1, 0.15) is 11.6 Å². The maximum absolute atomic E-state index is 12.8. The van der Waals surface area contributed by atoms with Gasteiger partial charge in [0.05, 0.1) is 5.75 Å². The minimum atomic E-state index is -0.228. The summed E-state index contributed by atoms with van der Waals surface area (Å²) in [4.78, 5) is 13.2. The molecule has 0 amide bonds. The number of ketones is 1. The van der Waals surface area contributed by atoms with Crippen LogP contribution in [-0.2, 0) is 4.79 Å². The molecule has 3 heteroatoms. The van der Waals surface area contributed by atoms with Gasteiger partial charge >= 0.3 is 0 Å². The standard InChI is InChI=1S/C16H21FOS/c1-2-12-4-3-5-13(10-12)16(18)11-19-15-8-6-14(17)7-9-15/h6-9,12-13H,2-5,10-11H2,1H3. The van der Waals surface area contributed by atoms with Gasteiger partial charge in [-0.15, -0.1) is 11.8 Å². The monoisotopic (exact) mass is 280 g/mol. The SMILES string of the molecule is CCC1CCCC(C(=O)CSc2ccc(F)cc2)C1. The Labute approximate surface area is 119 Å². The van der Waals surface area contributed by atoms with Crippen LogP contribution < -0.4 is 0 Å². The highest BCUT2D eigenvalue weighted by atomic mass is 32.2. The van der Waals surface area contributed by atoms with Crippen molar-refractivity contribution in [3.05, 3.63) is 30.1 Å². The molecule has 0 bridgehead atoms. The Kier molecular flexibility index (Phi) is 5.44. The molecular formula is C16H21FOS. The summed E-state index contributed by atoms with van der Waals surface area (Å²) in [6.07, 6.45) is 5.79. The van der Waals surface area contributed by atoms with E-state index in [0.29, 0.717) is 11.5 Å². The third kappa shape index (κ3) is 4.34. The predicted molar refractivity (Wildman–Crippen MR) is 77.9 cm³/mol.